The van der Waals surface area contributed by atoms with E-state index in [2.05, 4.69) is 61.3 Å². The lowest BCUT2D eigenvalue weighted by Gasteiger charge is -2.18. The predicted octanol–water partition coefficient (Wildman–Crippen LogP) is 5.89. The summed E-state index contributed by atoms with van der Waals surface area (Å²) in [4.78, 5) is 12.1. The Hall–Kier alpha value is -2.24. The molecule has 0 aliphatic rings. The van der Waals surface area contributed by atoms with Crippen molar-refractivity contribution in [2.24, 2.45) is 0 Å². The second kappa shape index (κ2) is 7.17. The van der Waals surface area contributed by atoms with Crippen LogP contribution in [0.4, 0.5) is 0 Å². The molecule has 0 atom stereocenters. The SMILES string of the molecule is O=c1onc(C(c2ccc(Br)cc2)c2ccc(Br)cc2)c2ccccc12. The number of hydrogen-bond acceptors (Lipinski definition) is 3. The van der Waals surface area contributed by atoms with Gasteiger partial charge in [0.2, 0.25) is 0 Å². The highest BCUT2D eigenvalue weighted by atomic mass is 79.9. The fraction of sp³-hybridized carbons (Fsp3) is 0.0476. The van der Waals surface area contributed by atoms with Gasteiger partial charge in [-0.2, -0.15) is 0 Å². The van der Waals surface area contributed by atoms with Crippen LogP contribution in [0.15, 0.2) is 91.1 Å². The van der Waals surface area contributed by atoms with Gasteiger partial charge in [-0.15, -0.1) is 0 Å². The van der Waals surface area contributed by atoms with Crippen molar-refractivity contribution in [3.63, 3.8) is 0 Å². The number of nitrogens with zero attached hydrogens (tertiary/aromatic N) is 1. The van der Waals surface area contributed by atoms with Crippen molar-refractivity contribution in [2.75, 3.05) is 0 Å². The van der Waals surface area contributed by atoms with Crippen LogP contribution in [-0.2, 0) is 0 Å². The zero-order valence-electron chi connectivity index (χ0n) is 13.5. The smallest absolute Gasteiger partial charge is 0.312 e. The summed E-state index contributed by atoms with van der Waals surface area (Å²) in [6, 6.07) is 23.7. The van der Waals surface area contributed by atoms with Crippen molar-refractivity contribution in [1.82, 2.24) is 5.16 Å². The Balaban J connectivity index is 2.00. The molecule has 1 aromatic heterocycles. The van der Waals surface area contributed by atoms with Gasteiger partial charge in [0, 0.05) is 14.3 Å². The molecule has 0 fully saturated rings. The predicted molar refractivity (Wildman–Crippen MR) is 110 cm³/mol. The summed E-state index contributed by atoms with van der Waals surface area (Å²) in [5.41, 5.74) is 2.45. The molecule has 0 spiro atoms. The van der Waals surface area contributed by atoms with E-state index >= 15 is 0 Å². The first-order valence-corrected chi connectivity index (χ1v) is 9.61. The van der Waals surface area contributed by atoms with E-state index in [1.165, 1.54) is 0 Å². The Morgan fingerprint density at radius 1 is 0.731 bits per heavy atom. The minimum Gasteiger partial charge on any atom is -0.312 e. The molecule has 1 heterocycles. The van der Waals surface area contributed by atoms with Gasteiger partial charge in [0.1, 0.15) is 5.69 Å². The maximum absolute atomic E-state index is 12.1. The maximum Gasteiger partial charge on any atom is 0.366 e. The van der Waals surface area contributed by atoms with E-state index in [-0.39, 0.29) is 5.92 Å². The lowest BCUT2D eigenvalue weighted by molar-refractivity contribution is 0.366. The molecule has 128 valence electrons. The lowest BCUT2D eigenvalue weighted by Crippen LogP contribution is -2.11. The average Bonchev–Trinajstić information content (AvgIpc) is 2.67. The molecule has 3 nitrogen and oxygen atoms in total. The van der Waals surface area contributed by atoms with Gasteiger partial charge in [-0.05, 0) is 41.5 Å². The standard InChI is InChI=1S/C21H13Br2NO2/c22-15-9-5-13(6-10-15)19(14-7-11-16(23)12-8-14)20-17-3-1-2-4-18(17)21(25)26-24-20/h1-12,19H. The minimum atomic E-state index is -0.422. The van der Waals surface area contributed by atoms with Gasteiger partial charge in [-0.25, -0.2) is 4.79 Å². The van der Waals surface area contributed by atoms with Gasteiger partial charge < -0.3 is 4.52 Å². The summed E-state index contributed by atoms with van der Waals surface area (Å²) in [5, 5.41) is 5.54. The van der Waals surface area contributed by atoms with Crippen LogP contribution in [0, 0.1) is 0 Å². The Labute approximate surface area is 166 Å². The number of halogens is 2. The molecule has 0 amide bonds. The van der Waals surface area contributed by atoms with Crippen molar-refractivity contribution in [3.05, 3.63) is 109 Å². The first-order valence-electron chi connectivity index (χ1n) is 8.03. The van der Waals surface area contributed by atoms with Gasteiger partial charge in [0.25, 0.3) is 0 Å². The van der Waals surface area contributed by atoms with Crippen molar-refractivity contribution >= 4 is 42.6 Å². The number of rotatable bonds is 3. The number of hydrogen-bond donors (Lipinski definition) is 0. The topological polar surface area (TPSA) is 43.1 Å². The van der Waals surface area contributed by atoms with Crippen molar-refractivity contribution in [2.45, 2.75) is 5.92 Å². The van der Waals surface area contributed by atoms with Crippen LogP contribution in [0.3, 0.4) is 0 Å². The molecular weight excluding hydrogens is 458 g/mol. The van der Waals surface area contributed by atoms with Gasteiger partial charge >= 0.3 is 5.63 Å². The molecule has 0 N–H and O–H groups in total. The zero-order chi connectivity index (χ0) is 18.1. The monoisotopic (exact) mass is 469 g/mol. The van der Waals surface area contributed by atoms with Crippen molar-refractivity contribution < 1.29 is 4.52 Å². The fourth-order valence-corrected chi connectivity index (χ4v) is 3.63. The van der Waals surface area contributed by atoms with Crippen LogP contribution in [0.5, 0.6) is 0 Å². The van der Waals surface area contributed by atoms with Crippen LogP contribution in [0.1, 0.15) is 22.7 Å². The quantitative estimate of drug-likeness (QED) is 0.374. The summed E-state index contributed by atoms with van der Waals surface area (Å²) < 4.78 is 7.13. The van der Waals surface area contributed by atoms with Crippen LogP contribution in [-0.4, -0.2) is 5.16 Å². The third-order valence-corrected chi connectivity index (χ3v) is 5.39. The Morgan fingerprint density at radius 3 is 1.77 bits per heavy atom. The summed E-state index contributed by atoms with van der Waals surface area (Å²) >= 11 is 6.97. The molecule has 0 unspecified atom stereocenters. The second-order valence-corrected chi connectivity index (χ2v) is 7.77. The van der Waals surface area contributed by atoms with E-state index in [0.29, 0.717) is 5.39 Å². The number of fused-ring (bicyclic) bond motifs is 1. The number of aromatic nitrogens is 1. The normalized spacial score (nSPS) is 11.2. The molecule has 0 saturated heterocycles. The van der Waals surface area contributed by atoms with Crippen LogP contribution < -0.4 is 5.63 Å². The van der Waals surface area contributed by atoms with Crippen LogP contribution >= 0.6 is 31.9 Å². The molecule has 0 aliphatic carbocycles. The molecule has 0 saturated carbocycles. The molecule has 26 heavy (non-hydrogen) atoms. The van der Waals surface area contributed by atoms with Crippen LogP contribution in [0.2, 0.25) is 0 Å². The van der Waals surface area contributed by atoms with Gasteiger partial charge in [0.15, 0.2) is 0 Å². The Morgan fingerprint density at radius 2 is 1.23 bits per heavy atom. The molecule has 0 aliphatic heterocycles. The average molecular weight is 471 g/mol. The maximum atomic E-state index is 12.1. The fourth-order valence-electron chi connectivity index (χ4n) is 3.10. The molecule has 3 aromatic carbocycles. The summed E-state index contributed by atoms with van der Waals surface area (Å²) in [6.07, 6.45) is 0. The molecule has 4 rings (SSSR count). The van der Waals surface area contributed by atoms with E-state index in [0.717, 1.165) is 31.2 Å². The highest BCUT2D eigenvalue weighted by molar-refractivity contribution is 9.10. The first-order chi connectivity index (χ1) is 12.6. The highest BCUT2D eigenvalue weighted by Crippen LogP contribution is 2.35. The van der Waals surface area contributed by atoms with E-state index in [1.54, 1.807) is 6.07 Å². The van der Waals surface area contributed by atoms with Crippen LogP contribution in [0.25, 0.3) is 10.8 Å². The highest BCUT2D eigenvalue weighted by Gasteiger charge is 2.22. The molecule has 0 bridgehead atoms. The summed E-state index contributed by atoms with van der Waals surface area (Å²) in [6.45, 7) is 0. The summed E-state index contributed by atoms with van der Waals surface area (Å²) in [5.74, 6) is -0.148. The van der Waals surface area contributed by atoms with Gasteiger partial charge in [0.05, 0.1) is 11.3 Å². The van der Waals surface area contributed by atoms with E-state index < -0.39 is 5.63 Å². The van der Waals surface area contributed by atoms with Crippen molar-refractivity contribution in [1.29, 1.82) is 0 Å². The molecule has 0 radical (unpaired) electrons. The lowest BCUT2D eigenvalue weighted by atomic mass is 9.86. The molecule has 5 heteroatoms. The Bertz CT molecular complexity index is 1070. The summed E-state index contributed by atoms with van der Waals surface area (Å²) in [7, 11) is 0. The van der Waals surface area contributed by atoms with Gasteiger partial charge in [-0.3, -0.25) is 0 Å². The largest absolute Gasteiger partial charge is 0.366 e. The minimum absolute atomic E-state index is 0.148. The third-order valence-electron chi connectivity index (χ3n) is 4.33. The Kier molecular flexibility index (Phi) is 4.74. The molecular formula is C21H13Br2NO2. The second-order valence-electron chi connectivity index (χ2n) is 5.94. The van der Waals surface area contributed by atoms with E-state index in [4.69, 9.17) is 4.52 Å². The van der Waals surface area contributed by atoms with Crippen molar-refractivity contribution in [3.8, 4) is 0 Å². The van der Waals surface area contributed by atoms with E-state index in [1.807, 2.05) is 42.5 Å². The zero-order valence-corrected chi connectivity index (χ0v) is 16.7. The van der Waals surface area contributed by atoms with Gasteiger partial charge in [-0.1, -0.05) is 79.5 Å². The number of benzene rings is 3. The first kappa shape index (κ1) is 17.2. The molecule has 4 aromatic rings. The van der Waals surface area contributed by atoms with E-state index in [9.17, 15) is 4.79 Å². The third kappa shape index (κ3) is 3.24.